The predicted octanol–water partition coefficient (Wildman–Crippen LogP) is 0.785. The molecule has 0 aliphatic carbocycles. The molecule has 1 rings (SSSR count). The van der Waals surface area contributed by atoms with Crippen molar-refractivity contribution in [3.63, 3.8) is 0 Å². The van der Waals surface area contributed by atoms with Crippen LogP contribution in [-0.2, 0) is 9.53 Å². The van der Waals surface area contributed by atoms with Crippen LogP contribution in [0, 0.1) is 0 Å². The lowest BCUT2D eigenvalue weighted by molar-refractivity contribution is -0.143. The Morgan fingerprint density at radius 2 is 2.20 bits per heavy atom. The Morgan fingerprint density at radius 1 is 1.47 bits per heavy atom. The summed E-state index contributed by atoms with van der Waals surface area (Å²) in [6.45, 7) is 5.49. The summed E-state index contributed by atoms with van der Waals surface area (Å²) in [4.78, 5) is 13.7. The second-order valence-electron chi connectivity index (χ2n) is 4.22. The molecule has 1 fully saturated rings. The van der Waals surface area contributed by atoms with E-state index in [0.717, 1.165) is 6.42 Å². The molecule has 1 saturated heterocycles. The molecule has 0 bridgehead atoms. The zero-order valence-corrected chi connectivity index (χ0v) is 9.61. The van der Waals surface area contributed by atoms with Gasteiger partial charge in [-0.2, -0.15) is 0 Å². The molecule has 4 heteroatoms. The minimum atomic E-state index is 0.142. The molecule has 4 nitrogen and oxygen atoms in total. The number of hydrogen-bond donors (Lipinski definition) is 1. The lowest BCUT2D eigenvalue weighted by Gasteiger charge is -2.36. The number of aliphatic hydroxyl groups is 1. The average molecular weight is 215 g/mol. The molecule has 2 atom stereocenters. The highest BCUT2D eigenvalue weighted by atomic mass is 16.5. The average Bonchev–Trinajstić information content (AvgIpc) is 2.22. The maximum absolute atomic E-state index is 11.8. The van der Waals surface area contributed by atoms with Crippen LogP contribution < -0.4 is 0 Å². The molecule has 0 aromatic rings. The first kappa shape index (κ1) is 12.5. The summed E-state index contributed by atoms with van der Waals surface area (Å²) in [6, 6.07) is 0.183. The fraction of sp³-hybridized carbons (Fsp3) is 0.909. The van der Waals surface area contributed by atoms with Gasteiger partial charge in [-0.25, -0.2) is 0 Å². The van der Waals surface area contributed by atoms with Crippen LogP contribution in [0.1, 0.15) is 33.1 Å². The monoisotopic (exact) mass is 215 g/mol. The molecular formula is C11H21NO3. The van der Waals surface area contributed by atoms with Gasteiger partial charge in [0.2, 0.25) is 5.91 Å². The molecule has 0 aromatic heterocycles. The largest absolute Gasteiger partial charge is 0.396 e. The molecule has 88 valence electrons. The number of ether oxygens (including phenoxy) is 1. The van der Waals surface area contributed by atoms with E-state index in [1.165, 1.54) is 0 Å². The molecular weight excluding hydrogens is 194 g/mol. The standard InChI is InChI=1S/C11H21NO3/c1-9-8-15-10(2)7-12(9)11(14)5-3-4-6-13/h9-10,13H,3-8H2,1-2H3. The van der Waals surface area contributed by atoms with E-state index in [9.17, 15) is 4.79 Å². The predicted molar refractivity (Wildman–Crippen MR) is 57.5 cm³/mol. The van der Waals surface area contributed by atoms with E-state index in [1.54, 1.807) is 0 Å². The number of unbranched alkanes of at least 4 members (excludes halogenated alkanes) is 1. The van der Waals surface area contributed by atoms with E-state index < -0.39 is 0 Å². The van der Waals surface area contributed by atoms with E-state index in [-0.39, 0.29) is 24.7 Å². The first-order valence-electron chi connectivity index (χ1n) is 5.67. The third-order valence-corrected chi connectivity index (χ3v) is 2.73. The number of rotatable bonds is 4. The minimum Gasteiger partial charge on any atom is -0.396 e. The van der Waals surface area contributed by atoms with Gasteiger partial charge in [-0.15, -0.1) is 0 Å². The topological polar surface area (TPSA) is 49.8 Å². The van der Waals surface area contributed by atoms with Gasteiger partial charge in [0, 0.05) is 19.6 Å². The van der Waals surface area contributed by atoms with Crippen molar-refractivity contribution in [2.45, 2.75) is 45.3 Å². The summed E-state index contributed by atoms with van der Waals surface area (Å²) in [5.74, 6) is 0.186. The van der Waals surface area contributed by atoms with Gasteiger partial charge in [0.25, 0.3) is 0 Å². The first-order chi connectivity index (χ1) is 7.15. The highest BCUT2D eigenvalue weighted by Crippen LogP contribution is 2.13. The summed E-state index contributed by atoms with van der Waals surface area (Å²) >= 11 is 0. The van der Waals surface area contributed by atoms with Gasteiger partial charge in [-0.3, -0.25) is 4.79 Å². The maximum Gasteiger partial charge on any atom is 0.222 e. The summed E-state index contributed by atoms with van der Waals surface area (Å²) < 4.78 is 5.46. The lowest BCUT2D eigenvalue weighted by atomic mass is 10.1. The van der Waals surface area contributed by atoms with Gasteiger partial charge in [0.15, 0.2) is 0 Å². The van der Waals surface area contributed by atoms with Gasteiger partial charge in [-0.1, -0.05) is 0 Å². The van der Waals surface area contributed by atoms with Crippen LogP contribution in [0.4, 0.5) is 0 Å². The molecule has 15 heavy (non-hydrogen) atoms. The Bertz CT molecular complexity index is 208. The highest BCUT2D eigenvalue weighted by Gasteiger charge is 2.26. The Morgan fingerprint density at radius 3 is 2.87 bits per heavy atom. The second-order valence-corrected chi connectivity index (χ2v) is 4.22. The van der Waals surface area contributed by atoms with E-state index in [1.807, 2.05) is 18.7 Å². The van der Waals surface area contributed by atoms with Gasteiger partial charge in [-0.05, 0) is 26.7 Å². The summed E-state index contributed by atoms with van der Waals surface area (Å²) in [5.41, 5.74) is 0. The fourth-order valence-corrected chi connectivity index (χ4v) is 1.78. The number of hydrogen-bond acceptors (Lipinski definition) is 3. The van der Waals surface area contributed by atoms with E-state index >= 15 is 0 Å². The molecule has 1 amide bonds. The third-order valence-electron chi connectivity index (χ3n) is 2.73. The van der Waals surface area contributed by atoms with Crippen LogP contribution in [0.5, 0.6) is 0 Å². The summed E-state index contributed by atoms with van der Waals surface area (Å²) in [6.07, 6.45) is 2.16. The number of carbonyl (C=O) groups excluding carboxylic acids is 1. The molecule has 0 spiro atoms. The number of aliphatic hydroxyl groups excluding tert-OH is 1. The van der Waals surface area contributed by atoms with Crippen LogP contribution in [0.3, 0.4) is 0 Å². The molecule has 0 saturated carbocycles. The Balaban J connectivity index is 2.35. The van der Waals surface area contributed by atoms with E-state index in [4.69, 9.17) is 9.84 Å². The van der Waals surface area contributed by atoms with Crippen molar-refractivity contribution in [3.05, 3.63) is 0 Å². The molecule has 1 N–H and O–H groups in total. The number of amides is 1. The Hall–Kier alpha value is -0.610. The molecule has 1 aliphatic rings. The third kappa shape index (κ3) is 3.80. The molecule has 1 heterocycles. The van der Waals surface area contributed by atoms with E-state index in [2.05, 4.69) is 0 Å². The van der Waals surface area contributed by atoms with Crippen molar-refractivity contribution < 1.29 is 14.6 Å². The van der Waals surface area contributed by atoms with Crippen LogP contribution in [-0.4, -0.2) is 47.8 Å². The number of morpholine rings is 1. The smallest absolute Gasteiger partial charge is 0.222 e. The highest BCUT2D eigenvalue weighted by molar-refractivity contribution is 5.76. The summed E-state index contributed by atoms with van der Waals surface area (Å²) in [5, 5.41) is 8.64. The van der Waals surface area contributed by atoms with Crippen LogP contribution >= 0.6 is 0 Å². The van der Waals surface area contributed by atoms with Crippen LogP contribution in [0.2, 0.25) is 0 Å². The van der Waals surface area contributed by atoms with Gasteiger partial charge in [0.05, 0.1) is 18.8 Å². The van der Waals surface area contributed by atoms with Crippen LogP contribution in [0.15, 0.2) is 0 Å². The van der Waals surface area contributed by atoms with Crippen molar-refractivity contribution in [3.8, 4) is 0 Å². The van der Waals surface area contributed by atoms with Gasteiger partial charge in [0.1, 0.15) is 0 Å². The summed E-state index contributed by atoms with van der Waals surface area (Å²) in [7, 11) is 0. The van der Waals surface area contributed by atoms with E-state index in [0.29, 0.717) is 26.0 Å². The zero-order chi connectivity index (χ0) is 11.3. The van der Waals surface area contributed by atoms with Crippen molar-refractivity contribution in [1.29, 1.82) is 0 Å². The quantitative estimate of drug-likeness (QED) is 0.705. The normalized spacial score (nSPS) is 26.7. The minimum absolute atomic E-state index is 0.142. The number of nitrogens with zero attached hydrogens (tertiary/aromatic N) is 1. The van der Waals surface area contributed by atoms with Crippen molar-refractivity contribution >= 4 is 5.91 Å². The second kappa shape index (κ2) is 6.08. The maximum atomic E-state index is 11.8. The SMILES string of the molecule is CC1CN(C(=O)CCCCO)C(C)CO1. The Kier molecular flexibility index (Phi) is 5.05. The van der Waals surface area contributed by atoms with Crippen molar-refractivity contribution in [2.75, 3.05) is 19.8 Å². The van der Waals surface area contributed by atoms with Gasteiger partial charge < -0.3 is 14.7 Å². The molecule has 2 unspecified atom stereocenters. The Labute approximate surface area is 91.2 Å². The fourth-order valence-electron chi connectivity index (χ4n) is 1.78. The zero-order valence-electron chi connectivity index (χ0n) is 9.61. The lowest BCUT2D eigenvalue weighted by Crippen LogP contribution is -2.50. The van der Waals surface area contributed by atoms with Gasteiger partial charge >= 0.3 is 0 Å². The molecule has 0 aromatic carbocycles. The van der Waals surface area contributed by atoms with Crippen molar-refractivity contribution in [2.24, 2.45) is 0 Å². The molecule has 1 aliphatic heterocycles. The number of carbonyl (C=O) groups is 1. The molecule has 0 radical (unpaired) electrons. The first-order valence-corrected chi connectivity index (χ1v) is 5.67. The van der Waals surface area contributed by atoms with Crippen LogP contribution in [0.25, 0.3) is 0 Å². The van der Waals surface area contributed by atoms with Crippen molar-refractivity contribution in [1.82, 2.24) is 4.90 Å².